The van der Waals surface area contributed by atoms with Crippen LogP contribution in [0, 0.1) is 12.7 Å². The Morgan fingerprint density at radius 2 is 2.08 bits per heavy atom. The minimum absolute atomic E-state index is 0.325. The number of halogens is 2. The van der Waals surface area contributed by atoms with E-state index in [1.807, 2.05) is 6.92 Å². The summed E-state index contributed by atoms with van der Waals surface area (Å²) in [6, 6.07) is 7.58. The third-order valence-electron chi connectivity index (χ3n) is 3.58. The van der Waals surface area contributed by atoms with Gasteiger partial charge in [-0.25, -0.2) is 4.39 Å². The van der Waals surface area contributed by atoms with Crippen LogP contribution in [-0.2, 0) is 13.6 Å². The molecule has 0 fully saturated rings. The first-order valence-electron chi connectivity index (χ1n) is 7.22. The van der Waals surface area contributed by atoms with Crippen molar-refractivity contribution in [2.45, 2.75) is 13.5 Å². The number of rotatable bonds is 4. The summed E-state index contributed by atoms with van der Waals surface area (Å²) in [5, 5.41) is 11.4. The average molecular weight is 348 g/mol. The second-order valence-corrected chi connectivity index (χ2v) is 5.79. The Morgan fingerprint density at radius 1 is 1.29 bits per heavy atom. The first-order valence-corrected chi connectivity index (χ1v) is 7.59. The molecule has 0 bridgehead atoms. The van der Waals surface area contributed by atoms with Crippen molar-refractivity contribution < 1.29 is 9.18 Å². The van der Waals surface area contributed by atoms with Crippen molar-refractivity contribution in [2.24, 2.45) is 7.05 Å². The van der Waals surface area contributed by atoms with Gasteiger partial charge in [-0.15, -0.1) is 0 Å². The van der Waals surface area contributed by atoms with E-state index < -0.39 is 0 Å². The van der Waals surface area contributed by atoms with Crippen molar-refractivity contribution in [3.8, 4) is 0 Å². The normalized spacial score (nSPS) is 10.8. The molecule has 0 aliphatic rings. The molecular weight excluding hydrogens is 333 g/mol. The smallest absolute Gasteiger partial charge is 0.277 e. The van der Waals surface area contributed by atoms with Crippen LogP contribution in [0.4, 0.5) is 10.2 Å². The topological polar surface area (TPSA) is 64.7 Å². The van der Waals surface area contributed by atoms with Gasteiger partial charge < -0.3 is 5.32 Å². The molecule has 6 nitrogen and oxygen atoms in total. The van der Waals surface area contributed by atoms with Gasteiger partial charge in [0.1, 0.15) is 5.82 Å². The number of amides is 1. The fraction of sp³-hybridized carbons (Fsp3) is 0.188. The lowest BCUT2D eigenvalue weighted by atomic mass is 10.2. The SMILES string of the molecule is Cc1cc(C(=O)Nc2ccn(Cc3ccc(F)cc3Cl)n2)nn1C. The third-order valence-corrected chi connectivity index (χ3v) is 3.93. The van der Waals surface area contributed by atoms with E-state index in [9.17, 15) is 9.18 Å². The molecule has 2 aromatic heterocycles. The summed E-state index contributed by atoms with van der Waals surface area (Å²) in [6.45, 7) is 2.24. The van der Waals surface area contributed by atoms with Crippen LogP contribution >= 0.6 is 11.6 Å². The van der Waals surface area contributed by atoms with E-state index in [-0.39, 0.29) is 11.7 Å². The van der Waals surface area contributed by atoms with Gasteiger partial charge in [-0.05, 0) is 30.7 Å². The van der Waals surface area contributed by atoms with Crippen molar-refractivity contribution in [3.63, 3.8) is 0 Å². The Kier molecular flexibility index (Phi) is 4.35. The molecule has 124 valence electrons. The van der Waals surface area contributed by atoms with Gasteiger partial charge in [0.15, 0.2) is 11.5 Å². The van der Waals surface area contributed by atoms with Crippen molar-refractivity contribution in [1.82, 2.24) is 19.6 Å². The molecule has 1 aromatic carbocycles. The lowest BCUT2D eigenvalue weighted by Gasteiger charge is -2.04. The van der Waals surface area contributed by atoms with E-state index in [2.05, 4.69) is 15.5 Å². The lowest BCUT2D eigenvalue weighted by Crippen LogP contribution is -2.14. The van der Waals surface area contributed by atoms with Crippen LogP contribution in [0.1, 0.15) is 21.7 Å². The summed E-state index contributed by atoms with van der Waals surface area (Å²) in [6.07, 6.45) is 1.71. The highest BCUT2D eigenvalue weighted by Crippen LogP contribution is 2.18. The number of aromatic nitrogens is 4. The van der Waals surface area contributed by atoms with Gasteiger partial charge in [-0.3, -0.25) is 14.2 Å². The van der Waals surface area contributed by atoms with Crippen LogP contribution in [0.15, 0.2) is 36.5 Å². The molecule has 3 rings (SSSR count). The first-order chi connectivity index (χ1) is 11.4. The molecule has 3 aromatic rings. The van der Waals surface area contributed by atoms with E-state index in [4.69, 9.17) is 11.6 Å². The summed E-state index contributed by atoms with van der Waals surface area (Å²) in [5.41, 5.74) is 1.95. The maximum atomic E-state index is 13.1. The predicted molar refractivity (Wildman–Crippen MR) is 88.6 cm³/mol. The minimum atomic E-state index is -0.386. The lowest BCUT2D eigenvalue weighted by molar-refractivity contribution is 0.102. The fourth-order valence-electron chi connectivity index (χ4n) is 2.19. The van der Waals surface area contributed by atoms with E-state index >= 15 is 0 Å². The number of carbonyl (C=O) groups is 1. The van der Waals surface area contributed by atoms with Crippen molar-refractivity contribution >= 4 is 23.3 Å². The molecule has 1 amide bonds. The van der Waals surface area contributed by atoms with E-state index in [0.717, 1.165) is 11.3 Å². The van der Waals surface area contributed by atoms with Crippen molar-refractivity contribution in [1.29, 1.82) is 0 Å². The van der Waals surface area contributed by atoms with Crippen LogP contribution in [0.25, 0.3) is 0 Å². The number of hydrogen-bond acceptors (Lipinski definition) is 3. The molecule has 0 aliphatic carbocycles. The zero-order valence-corrected chi connectivity index (χ0v) is 13.9. The molecular formula is C16H15ClFN5O. The van der Waals surface area contributed by atoms with Crippen LogP contribution in [0.3, 0.4) is 0 Å². The van der Waals surface area contributed by atoms with Gasteiger partial charge in [-0.1, -0.05) is 17.7 Å². The van der Waals surface area contributed by atoms with Gasteiger partial charge in [0, 0.05) is 30.0 Å². The highest BCUT2D eigenvalue weighted by molar-refractivity contribution is 6.31. The van der Waals surface area contributed by atoms with Crippen LogP contribution in [0.5, 0.6) is 0 Å². The highest BCUT2D eigenvalue weighted by atomic mass is 35.5. The summed E-state index contributed by atoms with van der Waals surface area (Å²) >= 11 is 6.01. The molecule has 8 heteroatoms. The van der Waals surface area contributed by atoms with Crippen molar-refractivity contribution in [2.75, 3.05) is 5.32 Å². The summed E-state index contributed by atoms with van der Waals surface area (Å²) in [5.74, 6) is -0.312. The number of benzene rings is 1. The monoisotopic (exact) mass is 347 g/mol. The summed E-state index contributed by atoms with van der Waals surface area (Å²) < 4.78 is 16.3. The largest absolute Gasteiger partial charge is 0.304 e. The number of aryl methyl sites for hydroxylation is 2. The molecule has 2 heterocycles. The fourth-order valence-corrected chi connectivity index (χ4v) is 2.42. The average Bonchev–Trinajstić information content (AvgIpc) is 3.09. The second-order valence-electron chi connectivity index (χ2n) is 5.38. The molecule has 0 radical (unpaired) electrons. The Balaban J connectivity index is 1.70. The van der Waals surface area contributed by atoms with Gasteiger partial charge in [0.25, 0.3) is 5.91 Å². The molecule has 0 aliphatic heterocycles. The predicted octanol–water partition coefficient (Wildman–Crippen LogP) is 3.02. The van der Waals surface area contributed by atoms with Gasteiger partial charge in [-0.2, -0.15) is 10.2 Å². The summed E-state index contributed by atoms with van der Waals surface area (Å²) in [7, 11) is 1.77. The highest BCUT2D eigenvalue weighted by Gasteiger charge is 2.13. The van der Waals surface area contributed by atoms with E-state index in [1.54, 1.807) is 40.8 Å². The van der Waals surface area contributed by atoms with Crippen LogP contribution in [-0.4, -0.2) is 25.5 Å². The Labute approximate surface area is 142 Å². The first kappa shape index (κ1) is 16.2. The molecule has 0 unspecified atom stereocenters. The van der Waals surface area contributed by atoms with Gasteiger partial charge in [0.05, 0.1) is 6.54 Å². The Hall–Kier alpha value is -2.67. The standard InChI is InChI=1S/C16H15ClFN5O/c1-10-7-14(20-22(10)2)16(24)19-15-5-6-23(21-15)9-11-3-4-12(18)8-13(11)17/h3-8H,9H2,1-2H3,(H,19,21,24). The maximum absolute atomic E-state index is 13.1. The summed E-state index contributed by atoms with van der Waals surface area (Å²) in [4.78, 5) is 12.1. The van der Waals surface area contributed by atoms with Gasteiger partial charge >= 0.3 is 0 Å². The Morgan fingerprint density at radius 3 is 2.75 bits per heavy atom. The molecule has 0 saturated carbocycles. The maximum Gasteiger partial charge on any atom is 0.277 e. The zero-order chi connectivity index (χ0) is 17.3. The number of anilines is 1. The number of nitrogens with one attached hydrogen (secondary N) is 1. The minimum Gasteiger partial charge on any atom is -0.304 e. The van der Waals surface area contributed by atoms with Crippen LogP contribution < -0.4 is 5.32 Å². The molecule has 0 spiro atoms. The number of hydrogen-bond donors (Lipinski definition) is 1. The molecule has 24 heavy (non-hydrogen) atoms. The second kappa shape index (κ2) is 6.45. The zero-order valence-electron chi connectivity index (χ0n) is 13.1. The van der Waals surface area contributed by atoms with E-state index in [1.165, 1.54) is 12.1 Å². The molecule has 0 saturated heterocycles. The van der Waals surface area contributed by atoms with E-state index in [0.29, 0.717) is 23.1 Å². The van der Waals surface area contributed by atoms with Crippen LogP contribution in [0.2, 0.25) is 5.02 Å². The Bertz CT molecular complexity index is 882. The quantitative estimate of drug-likeness (QED) is 0.789. The third kappa shape index (κ3) is 3.46. The molecule has 1 N–H and O–H groups in total. The van der Waals surface area contributed by atoms with Crippen molar-refractivity contribution in [3.05, 3.63) is 64.3 Å². The number of nitrogens with zero attached hydrogens (tertiary/aromatic N) is 4. The van der Waals surface area contributed by atoms with Gasteiger partial charge in [0.2, 0.25) is 0 Å². The number of carbonyl (C=O) groups excluding carboxylic acids is 1. The molecule has 0 atom stereocenters.